The third kappa shape index (κ3) is 4.25. The van der Waals surface area contributed by atoms with Gasteiger partial charge in [-0.05, 0) is 106 Å². The molecule has 4 unspecified atom stereocenters. The Hall–Kier alpha value is -0.610. The molecule has 0 N–H and O–H groups in total. The van der Waals surface area contributed by atoms with Crippen LogP contribution in [0.1, 0.15) is 111 Å². The lowest BCUT2D eigenvalue weighted by molar-refractivity contribution is -0.940. The molecule has 4 heteroatoms. The number of nitrogens with zero attached hydrogens (tertiary/aromatic N) is 2. The summed E-state index contributed by atoms with van der Waals surface area (Å²) < 4.78 is 8.90. The molecule has 6 rings (SSSR count). The van der Waals surface area contributed by atoms with Crippen molar-refractivity contribution >= 4 is 5.97 Å². The number of ether oxygens (including phenoxy) is 1. The Kier molecular flexibility index (Phi) is 6.83. The van der Waals surface area contributed by atoms with Crippen LogP contribution in [0.15, 0.2) is 0 Å². The lowest BCUT2D eigenvalue weighted by Crippen LogP contribution is -2.62. The topological polar surface area (TPSA) is 26.3 Å². The van der Waals surface area contributed by atoms with Crippen LogP contribution in [0.4, 0.5) is 0 Å². The van der Waals surface area contributed by atoms with Crippen LogP contribution in [0.25, 0.3) is 0 Å². The van der Waals surface area contributed by atoms with Gasteiger partial charge in [0.05, 0.1) is 46.3 Å². The predicted octanol–water partition coefficient (Wildman–Crippen LogP) is 6.57. The predicted molar refractivity (Wildman–Crippen MR) is 150 cm³/mol. The SMILES string of the molecule is CC(=O)O[C@H]1[C@@H]([N+]2(C)CCCCC2)CC2C3CCC4CC[C@@H]([N+]5(C)CCCCC5)C[C@]4(C)C3CC[C@@]21C. The number of quaternary nitrogens is 2. The van der Waals surface area contributed by atoms with E-state index in [1.807, 2.05) is 0 Å². The first-order valence-corrected chi connectivity index (χ1v) is 16.4. The van der Waals surface area contributed by atoms with Gasteiger partial charge < -0.3 is 13.7 Å². The Balaban J connectivity index is 1.28. The Morgan fingerprint density at radius 2 is 1.38 bits per heavy atom. The van der Waals surface area contributed by atoms with Crippen molar-refractivity contribution in [2.45, 2.75) is 129 Å². The number of fused-ring (bicyclic) bond motifs is 5. The van der Waals surface area contributed by atoms with Crippen molar-refractivity contribution in [3.8, 4) is 0 Å². The number of esters is 1. The Bertz CT molecular complexity index is 860. The number of rotatable bonds is 3. The van der Waals surface area contributed by atoms with Gasteiger partial charge in [-0.3, -0.25) is 4.79 Å². The average Bonchev–Trinajstić information content (AvgIpc) is 3.17. The van der Waals surface area contributed by atoms with E-state index in [2.05, 4.69) is 27.9 Å². The van der Waals surface area contributed by atoms with E-state index >= 15 is 0 Å². The summed E-state index contributed by atoms with van der Waals surface area (Å²) in [4.78, 5) is 12.5. The quantitative estimate of drug-likeness (QED) is 0.315. The van der Waals surface area contributed by atoms with Gasteiger partial charge in [-0.25, -0.2) is 0 Å². The maximum Gasteiger partial charge on any atom is 0.303 e. The molecule has 0 aromatic heterocycles. The highest BCUT2D eigenvalue weighted by Gasteiger charge is 2.67. The van der Waals surface area contributed by atoms with Gasteiger partial charge >= 0.3 is 5.97 Å². The van der Waals surface area contributed by atoms with Crippen molar-refractivity contribution in [3.05, 3.63) is 0 Å². The molecule has 6 fully saturated rings. The molecular weight excluding hydrogens is 456 g/mol. The summed E-state index contributed by atoms with van der Waals surface area (Å²) in [6.07, 6.45) is 19.8. The number of hydrogen-bond acceptors (Lipinski definition) is 2. The van der Waals surface area contributed by atoms with Crippen LogP contribution in [0.2, 0.25) is 0 Å². The van der Waals surface area contributed by atoms with Gasteiger partial charge in [0.1, 0.15) is 6.04 Å². The van der Waals surface area contributed by atoms with Crippen molar-refractivity contribution in [1.82, 2.24) is 0 Å². The van der Waals surface area contributed by atoms with E-state index in [1.165, 1.54) is 121 Å². The molecule has 0 bridgehead atoms. The number of piperidine rings is 2. The maximum atomic E-state index is 12.5. The first-order chi connectivity index (χ1) is 17.6. The molecule has 6 aliphatic rings. The lowest BCUT2D eigenvalue weighted by Gasteiger charge is -2.62. The summed E-state index contributed by atoms with van der Waals surface area (Å²) in [6, 6.07) is 1.39. The van der Waals surface area contributed by atoms with Crippen LogP contribution in [0.3, 0.4) is 0 Å². The summed E-state index contributed by atoms with van der Waals surface area (Å²) in [6.45, 7) is 12.4. The van der Waals surface area contributed by atoms with Crippen LogP contribution in [-0.2, 0) is 9.53 Å². The molecule has 4 nitrogen and oxygen atoms in total. The minimum atomic E-state index is -0.0492. The van der Waals surface area contributed by atoms with E-state index in [0.717, 1.165) is 34.2 Å². The molecule has 0 aromatic carbocycles. The number of likely N-dealkylation sites (N-methyl/N-ethyl adjacent to an activating group) is 1. The summed E-state index contributed by atoms with van der Waals surface area (Å²) in [7, 11) is 5.12. The highest BCUT2D eigenvalue weighted by molar-refractivity contribution is 5.66. The van der Waals surface area contributed by atoms with Crippen LogP contribution < -0.4 is 0 Å². The second-order valence-corrected chi connectivity index (χ2v) is 15.9. The molecule has 37 heavy (non-hydrogen) atoms. The van der Waals surface area contributed by atoms with Gasteiger partial charge in [0.25, 0.3) is 0 Å². The number of likely N-dealkylation sites (tertiary alicyclic amines) is 2. The monoisotopic (exact) mass is 514 g/mol. The van der Waals surface area contributed by atoms with E-state index < -0.39 is 0 Å². The molecule has 0 aromatic rings. The second-order valence-electron chi connectivity index (χ2n) is 15.9. The second kappa shape index (κ2) is 9.50. The Morgan fingerprint density at radius 1 is 0.757 bits per heavy atom. The zero-order chi connectivity index (χ0) is 26.1. The average molecular weight is 515 g/mol. The smallest absolute Gasteiger partial charge is 0.303 e. The number of carbonyl (C=O) groups is 1. The van der Waals surface area contributed by atoms with Crippen molar-refractivity contribution in [2.24, 2.45) is 34.5 Å². The Labute approximate surface area is 228 Å². The zero-order valence-electron chi connectivity index (χ0n) is 25.0. The van der Waals surface area contributed by atoms with Crippen molar-refractivity contribution < 1.29 is 18.5 Å². The Morgan fingerprint density at radius 3 is 2.03 bits per heavy atom. The fourth-order valence-electron chi connectivity index (χ4n) is 12.0. The summed E-state index contributed by atoms with van der Waals surface area (Å²) in [5.74, 6) is 3.35. The van der Waals surface area contributed by atoms with E-state index in [0.29, 0.717) is 11.5 Å². The molecule has 210 valence electrons. The number of carbonyl (C=O) groups excluding carboxylic acids is 1. The largest absolute Gasteiger partial charge is 0.456 e. The molecule has 2 saturated heterocycles. The molecule has 4 aliphatic carbocycles. The van der Waals surface area contributed by atoms with E-state index in [1.54, 1.807) is 6.92 Å². The van der Waals surface area contributed by atoms with Gasteiger partial charge in [-0.1, -0.05) is 13.8 Å². The third-order valence-corrected chi connectivity index (χ3v) is 14.2. The first kappa shape index (κ1) is 26.6. The summed E-state index contributed by atoms with van der Waals surface area (Å²) in [5, 5.41) is 0. The maximum absolute atomic E-state index is 12.5. The van der Waals surface area contributed by atoms with Gasteiger partial charge in [-0.2, -0.15) is 0 Å². The molecular formula is C33H58N2O2+2. The van der Waals surface area contributed by atoms with Crippen molar-refractivity contribution in [2.75, 3.05) is 40.3 Å². The van der Waals surface area contributed by atoms with Crippen LogP contribution >= 0.6 is 0 Å². The highest BCUT2D eigenvalue weighted by Crippen LogP contribution is 2.67. The minimum Gasteiger partial charge on any atom is -0.456 e. The molecule has 0 amide bonds. The van der Waals surface area contributed by atoms with E-state index in [9.17, 15) is 4.79 Å². The van der Waals surface area contributed by atoms with Crippen molar-refractivity contribution in [1.29, 1.82) is 0 Å². The highest BCUT2D eigenvalue weighted by atomic mass is 16.5. The molecule has 2 aliphatic heterocycles. The molecule has 9 atom stereocenters. The summed E-state index contributed by atoms with van der Waals surface area (Å²) >= 11 is 0. The third-order valence-electron chi connectivity index (χ3n) is 14.2. The van der Waals surface area contributed by atoms with Gasteiger partial charge in [0.2, 0.25) is 0 Å². The fourth-order valence-corrected chi connectivity index (χ4v) is 12.0. The van der Waals surface area contributed by atoms with Gasteiger partial charge in [-0.15, -0.1) is 0 Å². The molecule has 4 saturated carbocycles. The van der Waals surface area contributed by atoms with Gasteiger partial charge in [0.15, 0.2) is 6.10 Å². The zero-order valence-corrected chi connectivity index (χ0v) is 25.0. The molecule has 2 heterocycles. The van der Waals surface area contributed by atoms with Gasteiger partial charge in [0, 0.05) is 25.2 Å². The number of hydrogen-bond donors (Lipinski definition) is 0. The van der Waals surface area contributed by atoms with Crippen LogP contribution in [0, 0.1) is 34.5 Å². The fraction of sp³-hybridized carbons (Fsp3) is 0.970. The lowest BCUT2D eigenvalue weighted by atomic mass is 9.44. The standard InChI is InChI=1S/C33H58N2O2/c1-24(36)37-31-30(35(5)20-10-7-11-21-35)22-29-27-15-13-25-12-14-26(34(4)18-8-6-9-19-34)23-33(25,3)28(27)16-17-32(29,31)2/h25-31H,6-23H2,1-5H3/q+2/t25?,26-,27?,28?,29?,30+,31+,32+,33+/m1/s1. The first-order valence-electron chi connectivity index (χ1n) is 16.4. The van der Waals surface area contributed by atoms with Crippen LogP contribution in [0.5, 0.6) is 0 Å². The molecule has 0 spiro atoms. The van der Waals surface area contributed by atoms with E-state index in [4.69, 9.17) is 4.74 Å². The minimum absolute atomic E-state index is 0.0492. The van der Waals surface area contributed by atoms with E-state index in [-0.39, 0.29) is 17.5 Å². The summed E-state index contributed by atoms with van der Waals surface area (Å²) in [5.41, 5.74) is 0.684. The van der Waals surface area contributed by atoms with Crippen LogP contribution in [-0.4, -0.2) is 73.4 Å². The molecule has 0 radical (unpaired) electrons. The van der Waals surface area contributed by atoms with Crippen molar-refractivity contribution in [3.63, 3.8) is 0 Å². The normalized spacial score (nSPS) is 48.8.